The molecule has 1 aromatic carbocycles. The van der Waals surface area contributed by atoms with E-state index >= 15 is 0 Å². The van der Waals surface area contributed by atoms with E-state index in [1.807, 2.05) is 0 Å². The summed E-state index contributed by atoms with van der Waals surface area (Å²) >= 11 is 3.14. The molecule has 0 atom stereocenters. The molecule has 3 nitrogen and oxygen atoms in total. The molecule has 112 valence electrons. The number of sulfonamides is 1. The SMILES string of the molecule is O=S(=O)(c1ccccc1C(F)(F)F)N(CCBr)C1CC1. The van der Waals surface area contributed by atoms with Crippen LogP contribution in [-0.2, 0) is 16.2 Å². The molecule has 0 aromatic heterocycles. The quantitative estimate of drug-likeness (QED) is 0.745. The van der Waals surface area contributed by atoms with Gasteiger partial charge in [-0.15, -0.1) is 0 Å². The van der Waals surface area contributed by atoms with Crippen molar-refractivity contribution in [1.29, 1.82) is 0 Å². The molecular formula is C12H13BrF3NO2S. The fourth-order valence-electron chi connectivity index (χ4n) is 2.00. The van der Waals surface area contributed by atoms with Gasteiger partial charge in [0.25, 0.3) is 0 Å². The summed E-state index contributed by atoms with van der Waals surface area (Å²) in [5.41, 5.74) is -1.11. The molecule has 0 bridgehead atoms. The molecule has 0 amide bonds. The van der Waals surface area contributed by atoms with Crippen LogP contribution < -0.4 is 0 Å². The molecule has 1 aromatic rings. The van der Waals surface area contributed by atoms with Crippen molar-refractivity contribution in [3.8, 4) is 0 Å². The minimum absolute atomic E-state index is 0.166. The normalized spacial score (nSPS) is 16.6. The molecule has 0 saturated heterocycles. The third-order valence-electron chi connectivity index (χ3n) is 3.04. The Morgan fingerprint density at radius 3 is 2.35 bits per heavy atom. The van der Waals surface area contributed by atoms with Gasteiger partial charge in [-0.1, -0.05) is 28.1 Å². The first-order valence-electron chi connectivity index (χ1n) is 6.02. The zero-order valence-electron chi connectivity index (χ0n) is 10.4. The molecule has 0 heterocycles. The predicted octanol–water partition coefficient (Wildman–Crippen LogP) is 3.25. The highest BCUT2D eigenvalue weighted by molar-refractivity contribution is 9.09. The van der Waals surface area contributed by atoms with Gasteiger partial charge in [0.05, 0.1) is 10.5 Å². The van der Waals surface area contributed by atoms with Gasteiger partial charge in [-0.25, -0.2) is 8.42 Å². The van der Waals surface area contributed by atoms with Crippen LogP contribution in [0, 0.1) is 0 Å². The summed E-state index contributed by atoms with van der Waals surface area (Å²) in [6, 6.07) is 4.13. The number of hydrogen-bond acceptors (Lipinski definition) is 2. The summed E-state index contributed by atoms with van der Waals surface area (Å²) < 4.78 is 65.0. The van der Waals surface area contributed by atoms with Gasteiger partial charge < -0.3 is 0 Å². The Labute approximate surface area is 123 Å². The summed E-state index contributed by atoms with van der Waals surface area (Å²) in [4.78, 5) is -0.666. The molecule has 8 heteroatoms. The molecule has 0 spiro atoms. The zero-order valence-corrected chi connectivity index (χ0v) is 12.8. The number of rotatable bonds is 5. The maximum atomic E-state index is 13.0. The van der Waals surface area contributed by atoms with Crippen LogP contribution in [0.4, 0.5) is 13.2 Å². The largest absolute Gasteiger partial charge is 0.417 e. The van der Waals surface area contributed by atoms with Gasteiger partial charge >= 0.3 is 6.18 Å². The lowest BCUT2D eigenvalue weighted by molar-refractivity contribution is -0.139. The van der Waals surface area contributed by atoms with Crippen LogP contribution in [0.2, 0.25) is 0 Å². The van der Waals surface area contributed by atoms with E-state index in [1.165, 1.54) is 12.1 Å². The smallest absolute Gasteiger partial charge is 0.207 e. The van der Waals surface area contributed by atoms with Crippen LogP contribution in [0.3, 0.4) is 0 Å². The van der Waals surface area contributed by atoms with Crippen LogP contribution in [-0.4, -0.2) is 30.6 Å². The van der Waals surface area contributed by atoms with Crippen LogP contribution in [0.5, 0.6) is 0 Å². The van der Waals surface area contributed by atoms with Gasteiger partial charge in [-0.2, -0.15) is 17.5 Å². The average molecular weight is 372 g/mol. The summed E-state index contributed by atoms with van der Waals surface area (Å²) in [6.45, 7) is 0.166. The van der Waals surface area contributed by atoms with Crippen LogP contribution in [0.25, 0.3) is 0 Å². The Balaban J connectivity index is 2.48. The highest BCUT2D eigenvalue weighted by Gasteiger charge is 2.42. The Hall–Kier alpha value is -0.600. The van der Waals surface area contributed by atoms with E-state index in [2.05, 4.69) is 15.9 Å². The first-order chi connectivity index (χ1) is 9.28. The van der Waals surface area contributed by atoms with Crippen LogP contribution in [0.15, 0.2) is 29.2 Å². The van der Waals surface area contributed by atoms with Gasteiger partial charge in [-0.3, -0.25) is 0 Å². The summed E-state index contributed by atoms with van der Waals surface area (Å²) in [7, 11) is -4.13. The minimum atomic E-state index is -4.69. The summed E-state index contributed by atoms with van der Waals surface area (Å²) in [5.74, 6) is 0. The van der Waals surface area contributed by atoms with Crippen molar-refractivity contribution in [2.45, 2.75) is 30.0 Å². The third kappa shape index (κ3) is 3.17. The van der Waals surface area contributed by atoms with Gasteiger partial charge in [0.1, 0.15) is 0 Å². The topological polar surface area (TPSA) is 37.4 Å². The average Bonchev–Trinajstić information content (AvgIpc) is 3.19. The Morgan fingerprint density at radius 2 is 1.85 bits per heavy atom. The molecule has 0 N–H and O–H groups in total. The first kappa shape index (κ1) is 15.8. The first-order valence-corrected chi connectivity index (χ1v) is 8.58. The lowest BCUT2D eigenvalue weighted by atomic mass is 10.2. The monoisotopic (exact) mass is 371 g/mol. The van der Waals surface area contributed by atoms with Gasteiger partial charge in [0, 0.05) is 17.9 Å². The fraction of sp³-hybridized carbons (Fsp3) is 0.500. The van der Waals surface area contributed by atoms with Crippen molar-refractivity contribution in [3.63, 3.8) is 0 Å². The van der Waals surface area contributed by atoms with Crippen LogP contribution >= 0.6 is 15.9 Å². The Morgan fingerprint density at radius 1 is 1.25 bits per heavy atom. The molecule has 1 saturated carbocycles. The number of hydrogen-bond donors (Lipinski definition) is 0. The van der Waals surface area contributed by atoms with E-state index in [-0.39, 0.29) is 12.6 Å². The van der Waals surface area contributed by atoms with Gasteiger partial charge in [0.15, 0.2) is 0 Å². The summed E-state index contributed by atoms with van der Waals surface area (Å²) in [5, 5.41) is 0.386. The molecule has 1 fully saturated rings. The van der Waals surface area contributed by atoms with Crippen molar-refractivity contribution in [3.05, 3.63) is 29.8 Å². The van der Waals surface area contributed by atoms with Crippen molar-refractivity contribution in [2.75, 3.05) is 11.9 Å². The number of alkyl halides is 4. The van der Waals surface area contributed by atoms with E-state index < -0.39 is 26.7 Å². The van der Waals surface area contributed by atoms with Crippen molar-refractivity contribution >= 4 is 26.0 Å². The van der Waals surface area contributed by atoms with Crippen molar-refractivity contribution < 1.29 is 21.6 Å². The van der Waals surface area contributed by atoms with Gasteiger partial charge in [-0.05, 0) is 25.0 Å². The third-order valence-corrected chi connectivity index (χ3v) is 5.40. The van der Waals surface area contributed by atoms with E-state index in [0.717, 1.165) is 16.4 Å². The molecule has 0 radical (unpaired) electrons. The number of benzene rings is 1. The molecular weight excluding hydrogens is 359 g/mol. The van der Waals surface area contributed by atoms with E-state index in [0.29, 0.717) is 18.2 Å². The molecule has 0 aliphatic heterocycles. The second-order valence-corrected chi connectivity index (χ2v) is 7.18. The number of nitrogens with zero attached hydrogens (tertiary/aromatic N) is 1. The summed E-state index contributed by atoms with van der Waals surface area (Å²) in [6.07, 6.45) is -3.30. The van der Waals surface area contributed by atoms with Crippen LogP contribution in [0.1, 0.15) is 18.4 Å². The van der Waals surface area contributed by atoms with E-state index in [4.69, 9.17) is 0 Å². The Kier molecular flexibility index (Phi) is 4.46. The molecule has 0 unspecified atom stereocenters. The molecule has 2 rings (SSSR count). The highest BCUT2D eigenvalue weighted by atomic mass is 79.9. The van der Waals surface area contributed by atoms with Gasteiger partial charge in [0.2, 0.25) is 10.0 Å². The highest BCUT2D eigenvalue weighted by Crippen LogP contribution is 2.38. The van der Waals surface area contributed by atoms with E-state index in [9.17, 15) is 21.6 Å². The predicted molar refractivity (Wildman–Crippen MR) is 72.2 cm³/mol. The second kappa shape index (κ2) is 5.65. The Bertz CT molecular complexity index is 585. The molecule has 1 aliphatic rings. The zero-order chi connectivity index (χ0) is 15.0. The number of halogens is 4. The maximum Gasteiger partial charge on any atom is 0.417 e. The second-order valence-electron chi connectivity index (χ2n) is 4.53. The molecule has 1 aliphatic carbocycles. The van der Waals surface area contributed by atoms with Crippen molar-refractivity contribution in [2.24, 2.45) is 0 Å². The van der Waals surface area contributed by atoms with E-state index in [1.54, 1.807) is 0 Å². The maximum absolute atomic E-state index is 13.0. The van der Waals surface area contributed by atoms with Crippen molar-refractivity contribution in [1.82, 2.24) is 4.31 Å². The fourth-order valence-corrected chi connectivity index (χ4v) is 4.51. The molecule has 20 heavy (non-hydrogen) atoms. The standard InChI is InChI=1S/C12H13BrF3NO2S/c13-7-8-17(9-5-6-9)20(18,19)11-4-2-1-3-10(11)12(14,15)16/h1-4,9H,5-8H2. The minimum Gasteiger partial charge on any atom is -0.207 e. The lowest BCUT2D eigenvalue weighted by Crippen LogP contribution is -2.35. The lowest BCUT2D eigenvalue weighted by Gasteiger charge is -2.23.